The van der Waals surface area contributed by atoms with Crippen LogP contribution in [-0.2, 0) is 20.7 Å². The highest BCUT2D eigenvalue weighted by atomic mass is 16.5. The number of carboxylic acid groups (broad SMARTS) is 1. The van der Waals surface area contributed by atoms with E-state index >= 15 is 0 Å². The Morgan fingerprint density at radius 2 is 2.23 bits per heavy atom. The molecule has 0 aliphatic carbocycles. The van der Waals surface area contributed by atoms with Gasteiger partial charge in [-0.05, 0) is 32.8 Å². The van der Waals surface area contributed by atoms with Gasteiger partial charge in [-0.1, -0.05) is 12.1 Å². The number of ether oxygens (including phenoxy) is 3. The largest absolute Gasteiger partial charge is 0.483 e. The summed E-state index contributed by atoms with van der Waals surface area (Å²) >= 11 is 0. The molecule has 26 heavy (non-hydrogen) atoms. The topological polar surface area (TPSA) is 94.1 Å². The van der Waals surface area contributed by atoms with Crippen LogP contribution in [0.4, 0.5) is 0 Å². The average Bonchev–Trinajstić information content (AvgIpc) is 2.92. The Labute approximate surface area is 152 Å². The molecule has 142 valence electrons. The van der Waals surface area contributed by atoms with Gasteiger partial charge in [-0.2, -0.15) is 0 Å². The molecule has 2 heterocycles. The minimum atomic E-state index is -1.06. The first-order chi connectivity index (χ1) is 12.4. The molecular weight excluding hydrogens is 338 g/mol. The highest BCUT2D eigenvalue weighted by Crippen LogP contribution is 2.41. The lowest BCUT2D eigenvalue weighted by Crippen LogP contribution is -2.49. The Morgan fingerprint density at radius 1 is 1.42 bits per heavy atom. The van der Waals surface area contributed by atoms with E-state index in [0.29, 0.717) is 31.1 Å². The number of fused-ring (bicyclic) bond motifs is 1. The molecule has 1 aromatic carbocycles. The minimum Gasteiger partial charge on any atom is -0.483 e. The van der Waals surface area contributed by atoms with Gasteiger partial charge in [0.15, 0.2) is 18.1 Å². The first-order valence-corrected chi connectivity index (χ1v) is 8.89. The monoisotopic (exact) mass is 363 g/mol. The number of hydrogen-bond acceptors (Lipinski definition) is 5. The van der Waals surface area contributed by atoms with Gasteiger partial charge in [0.1, 0.15) is 11.6 Å². The van der Waals surface area contributed by atoms with Gasteiger partial charge in [0.25, 0.3) is 5.91 Å². The van der Waals surface area contributed by atoms with Crippen molar-refractivity contribution in [3.8, 4) is 11.5 Å². The zero-order valence-corrected chi connectivity index (χ0v) is 15.1. The van der Waals surface area contributed by atoms with E-state index in [4.69, 9.17) is 14.2 Å². The van der Waals surface area contributed by atoms with Gasteiger partial charge in [0.2, 0.25) is 0 Å². The second-order valence-electron chi connectivity index (χ2n) is 7.43. The van der Waals surface area contributed by atoms with Crippen LogP contribution in [0.5, 0.6) is 11.5 Å². The number of rotatable bonds is 6. The maximum atomic E-state index is 12.2. The van der Waals surface area contributed by atoms with Crippen LogP contribution in [0.3, 0.4) is 0 Å². The second kappa shape index (κ2) is 7.53. The molecule has 2 aliphatic rings. The van der Waals surface area contributed by atoms with Gasteiger partial charge >= 0.3 is 5.97 Å². The lowest BCUT2D eigenvalue weighted by molar-refractivity contribution is -0.145. The van der Waals surface area contributed by atoms with Crippen LogP contribution in [0, 0.1) is 5.92 Å². The Balaban J connectivity index is 1.59. The number of carbonyl (C=O) groups excluding carboxylic acids is 1. The van der Waals surface area contributed by atoms with E-state index < -0.39 is 17.9 Å². The van der Waals surface area contributed by atoms with Crippen LogP contribution in [0.15, 0.2) is 18.2 Å². The number of nitrogens with one attached hydrogen (secondary N) is 1. The molecule has 2 atom stereocenters. The molecule has 1 aromatic rings. The third kappa shape index (κ3) is 4.27. The fourth-order valence-corrected chi connectivity index (χ4v) is 3.47. The number of carbonyl (C=O) groups is 2. The smallest absolute Gasteiger partial charge is 0.326 e. The summed E-state index contributed by atoms with van der Waals surface area (Å²) in [6.45, 7) is 4.69. The van der Waals surface area contributed by atoms with E-state index in [1.54, 1.807) is 6.07 Å². The van der Waals surface area contributed by atoms with Gasteiger partial charge in [0.05, 0.1) is 6.61 Å². The van der Waals surface area contributed by atoms with Crippen LogP contribution >= 0.6 is 0 Å². The molecule has 0 radical (unpaired) electrons. The third-order valence-corrected chi connectivity index (χ3v) is 4.66. The third-order valence-electron chi connectivity index (χ3n) is 4.66. The molecule has 2 aliphatic heterocycles. The highest BCUT2D eigenvalue weighted by Gasteiger charge is 2.33. The second-order valence-corrected chi connectivity index (χ2v) is 7.43. The molecule has 1 amide bonds. The zero-order valence-electron chi connectivity index (χ0n) is 15.1. The molecular formula is C19H25NO6. The van der Waals surface area contributed by atoms with Crippen molar-refractivity contribution in [1.82, 2.24) is 5.32 Å². The number of amides is 1. The molecule has 3 rings (SSSR count). The summed E-state index contributed by atoms with van der Waals surface area (Å²) in [4.78, 5) is 23.7. The number of para-hydroxylation sites is 1. The van der Waals surface area contributed by atoms with Crippen molar-refractivity contribution in [2.75, 3.05) is 19.8 Å². The van der Waals surface area contributed by atoms with Crippen molar-refractivity contribution in [3.63, 3.8) is 0 Å². The van der Waals surface area contributed by atoms with Crippen LogP contribution < -0.4 is 14.8 Å². The van der Waals surface area contributed by atoms with E-state index in [-0.39, 0.29) is 18.1 Å². The molecule has 2 N–H and O–H groups in total. The summed E-state index contributed by atoms with van der Waals surface area (Å²) < 4.78 is 16.8. The predicted octanol–water partition coefficient (Wildman–Crippen LogP) is 1.77. The molecule has 7 nitrogen and oxygen atoms in total. The van der Waals surface area contributed by atoms with Gasteiger partial charge in [-0.3, -0.25) is 4.79 Å². The van der Waals surface area contributed by atoms with Crippen molar-refractivity contribution in [2.24, 2.45) is 5.92 Å². The standard InChI is InChI=1S/C19H25NO6/c1-19(2)9-12-5-3-7-14(17(12)26-19)25-11-15(21)20-16(18(22)23)13-6-4-8-24-10-13/h3,5,7,13,16H,4,6,8-11H2,1-2H3,(H,20,21)(H,22,23). The number of carboxylic acids is 1. The molecule has 1 saturated heterocycles. The lowest BCUT2D eigenvalue weighted by Gasteiger charge is -2.28. The summed E-state index contributed by atoms with van der Waals surface area (Å²) in [5.74, 6) is -0.607. The average molecular weight is 363 g/mol. The van der Waals surface area contributed by atoms with Crippen molar-refractivity contribution in [2.45, 2.75) is 44.8 Å². The first kappa shape index (κ1) is 18.5. The van der Waals surface area contributed by atoms with Crippen LogP contribution in [0.25, 0.3) is 0 Å². The van der Waals surface area contributed by atoms with E-state index in [2.05, 4.69) is 5.32 Å². The number of benzene rings is 1. The zero-order chi connectivity index (χ0) is 18.7. The quantitative estimate of drug-likeness (QED) is 0.800. The van der Waals surface area contributed by atoms with Gasteiger partial charge in [-0.15, -0.1) is 0 Å². The summed E-state index contributed by atoms with van der Waals surface area (Å²) in [6, 6.07) is 4.61. The minimum absolute atomic E-state index is 0.227. The molecule has 0 bridgehead atoms. The predicted molar refractivity (Wildman–Crippen MR) is 93.5 cm³/mol. The van der Waals surface area contributed by atoms with Gasteiger partial charge in [-0.25, -0.2) is 4.79 Å². The Morgan fingerprint density at radius 3 is 2.92 bits per heavy atom. The van der Waals surface area contributed by atoms with E-state index in [1.807, 2.05) is 26.0 Å². The molecule has 7 heteroatoms. The van der Waals surface area contributed by atoms with Crippen molar-refractivity contribution >= 4 is 11.9 Å². The number of aliphatic carboxylic acids is 1. The Kier molecular flexibility index (Phi) is 5.36. The summed E-state index contributed by atoms with van der Waals surface area (Å²) in [5.41, 5.74) is 0.732. The fraction of sp³-hybridized carbons (Fsp3) is 0.579. The van der Waals surface area contributed by atoms with Gasteiger partial charge < -0.3 is 24.6 Å². The lowest BCUT2D eigenvalue weighted by atomic mass is 9.93. The molecule has 0 aromatic heterocycles. The molecule has 1 fully saturated rings. The SMILES string of the molecule is CC1(C)Cc2cccc(OCC(=O)NC(C(=O)O)C3CCCOC3)c2O1. The van der Waals surface area contributed by atoms with Crippen molar-refractivity contribution < 1.29 is 28.9 Å². The van der Waals surface area contributed by atoms with E-state index in [9.17, 15) is 14.7 Å². The van der Waals surface area contributed by atoms with Gasteiger partial charge in [0, 0.05) is 24.5 Å². The van der Waals surface area contributed by atoms with Crippen molar-refractivity contribution in [1.29, 1.82) is 0 Å². The molecule has 0 saturated carbocycles. The first-order valence-electron chi connectivity index (χ1n) is 8.89. The number of hydrogen-bond donors (Lipinski definition) is 2. The van der Waals surface area contributed by atoms with E-state index in [0.717, 1.165) is 18.4 Å². The Bertz CT molecular complexity index is 681. The Hall–Kier alpha value is -2.28. The normalized spacial score (nSPS) is 22.0. The maximum Gasteiger partial charge on any atom is 0.326 e. The van der Waals surface area contributed by atoms with Crippen LogP contribution in [0.1, 0.15) is 32.3 Å². The summed E-state index contributed by atoms with van der Waals surface area (Å²) in [7, 11) is 0. The summed E-state index contributed by atoms with van der Waals surface area (Å²) in [5, 5.41) is 12.0. The molecule has 2 unspecified atom stereocenters. The molecule has 0 spiro atoms. The van der Waals surface area contributed by atoms with Crippen molar-refractivity contribution in [3.05, 3.63) is 23.8 Å². The maximum absolute atomic E-state index is 12.2. The van der Waals surface area contributed by atoms with E-state index in [1.165, 1.54) is 0 Å². The fourth-order valence-electron chi connectivity index (χ4n) is 3.47. The highest BCUT2D eigenvalue weighted by molar-refractivity contribution is 5.84. The van der Waals surface area contributed by atoms with Crippen LogP contribution in [0.2, 0.25) is 0 Å². The van der Waals surface area contributed by atoms with Crippen LogP contribution in [-0.4, -0.2) is 48.4 Å². The summed E-state index contributed by atoms with van der Waals surface area (Å²) in [6.07, 6.45) is 2.28.